The molecule has 0 aliphatic heterocycles. The fourth-order valence-electron chi connectivity index (χ4n) is 10.1. The summed E-state index contributed by atoms with van der Waals surface area (Å²) in [5.74, 6) is 1.75. The maximum absolute atomic E-state index is 5.50. The molecule has 1 aromatic heterocycles. The van der Waals surface area contributed by atoms with Crippen molar-refractivity contribution in [3.05, 3.63) is 250 Å². The predicted octanol–water partition coefficient (Wildman–Crippen LogP) is 16.2. The molecule has 0 saturated carbocycles. The molecule has 1 heterocycles. The molecule has 0 bridgehead atoms. The van der Waals surface area contributed by atoms with Gasteiger partial charge in [-0.05, 0) is 138 Å². The molecule has 0 radical (unpaired) electrons. The molecule has 4 heteroatoms. The Morgan fingerprint density at radius 3 is 1.50 bits per heavy atom. The van der Waals surface area contributed by atoms with E-state index < -0.39 is 0 Å². The van der Waals surface area contributed by atoms with Crippen LogP contribution < -0.4 is 4.90 Å². The summed E-state index contributed by atoms with van der Waals surface area (Å²) in [6.07, 6.45) is 0. The fraction of sp³-hybridized carbons (Fsp3) is 0.113. The van der Waals surface area contributed by atoms with Crippen LogP contribution in [-0.4, -0.2) is 15.0 Å². The highest BCUT2D eigenvalue weighted by Crippen LogP contribution is 2.43. The molecule has 0 saturated heterocycles. The van der Waals surface area contributed by atoms with E-state index in [0.717, 1.165) is 55.5 Å². The molecule has 0 aliphatic carbocycles. The summed E-state index contributed by atoms with van der Waals surface area (Å²) in [6, 6.07) is 71.3. The van der Waals surface area contributed by atoms with Crippen LogP contribution in [0.25, 0.3) is 55.8 Å². The monoisotopic (exact) mass is 852 g/mol. The molecule has 0 spiro atoms. The molecular weight excluding hydrogens is 801 g/mol. The number of aryl methyl sites for hydroxylation is 6. The first kappa shape index (κ1) is 42.0. The van der Waals surface area contributed by atoms with Gasteiger partial charge in [0.1, 0.15) is 0 Å². The van der Waals surface area contributed by atoms with E-state index in [1.165, 1.54) is 50.1 Å². The lowest BCUT2D eigenvalue weighted by Gasteiger charge is -2.28. The van der Waals surface area contributed by atoms with E-state index >= 15 is 0 Å². The molecule has 0 N–H and O–H groups in total. The minimum absolute atomic E-state index is 0.0351. The lowest BCUT2D eigenvalue weighted by Crippen LogP contribution is -2.16. The van der Waals surface area contributed by atoms with Gasteiger partial charge in [-0.1, -0.05) is 181 Å². The summed E-state index contributed by atoms with van der Waals surface area (Å²) >= 11 is 0. The first-order valence-corrected chi connectivity index (χ1v) is 22.8. The van der Waals surface area contributed by atoms with Crippen molar-refractivity contribution in [1.29, 1.82) is 0 Å². The molecule has 320 valence electrons. The molecule has 0 aliphatic rings. The van der Waals surface area contributed by atoms with Crippen molar-refractivity contribution in [3.8, 4) is 45.0 Å². The zero-order valence-electron chi connectivity index (χ0n) is 38.4. The van der Waals surface area contributed by atoms with Gasteiger partial charge in [-0.3, -0.25) is 4.90 Å². The van der Waals surface area contributed by atoms with E-state index in [9.17, 15) is 0 Å². The minimum Gasteiger partial charge on any atom is -0.279 e. The first-order chi connectivity index (χ1) is 32.2. The van der Waals surface area contributed by atoms with Crippen molar-refractivity contribution in [2.45, 2.75) is 47.5 Å². The summed E-state index contributed by atoms with van der Waals surface area (Å²) < 4.78 is 0. The topological polar surface area (TPSA) is 41.9 Å². The Morgan fingerprint density at radius 1 is 0.379 bits per heavy atom. The van der Waals surface area contributed by atoms with Gasteiger partial charge in [0.15, 0.2) is 11.6 Å². The van der Waals surface area contributed by atoms with Gasteiger partial charge >= 0.3 is 0 Å². The lowest BCUT2D eigenvalue weighted by molar-refractivity contribution is 0.919. The third-order valence-electron chi connectivity index (χ3n) is 12.8. The summed E-state index contributed by atoms with van der Waals surface area (Å²) in [4.78, 5) is 18.4. The van der Waals surface area contributed by atoms with Crippen LogP contribution >= 0.6 is 0 Å². The zero-order chi connectivity index (χ0) is 45.3. The van der Waals surface area contributed by atoms with Crippen LogP contribution in [0.3, 0.4) is 0 Å². The Balaban J connectivity index is 1.21. The molecule has 10 aromatic rings. The summed E-state index contributed by atoms with van der Waals surface area (Å²) in [6.45, 7) is 13.4. The van der Waals surface area contributed by atoms with Crippen LogP contribution in [0.2, 0.25) is 0 Å². The standard InChI is InChI=1S/C62H52N4/c1-40-35-42(3)56(43(4)36-40)59(57-44(5)37-41(2)38-45(57)6)49-29-32-52(33-30-49)66(53-27-18-26-51(39-53)46-19-10-7-11-20-46)62-64-60(50-24-14-9-15-25-50)63-61(65-62)55-34-31-47-21-16-17-28-54(47)58(55)48-22-12-8-13-23-48/h7-39,59H,1-6H3. The molecule has 10 rings (SSSR count). The van der Waals surface area contributed by atoms with E-state index in [-0.39, 0.29) is 5.92 Å². The highest BCUT2D eigenvalue weighted by Gasteiger charge is 2.27. The van der Waals surface area contributed by atoms with E-state index in [4.69, 9.17) is 15.0 Å². The maximum atomic E-state index is 5.50. The van der Waals surface area contributed by atoms with Gasteiger partial charge in [-0.2, -0.15) is 9.97 Å². The highest BCUT2D eigenvalue weighted by atomic mass is 15.3. The average Bonchev–Trinajstić information content (AvgIpc) is 3.34. The molecule has 0 fully saturated rings. The zero-order valence-corrected chi connectivity index (χ0v) is 38.4. The Bertz CT molecular complexity index is 3260. The molecule has 0 amide bonds. The summed E-state index contributed by atoms with van der Waals surface area (Å²) in [5, 5.41) is 2.29. The second-order valence-electron chi connectivity index (χ2n) is 17.6. The van der Waals surface area contributed by atoms with E-state index in [0.29, 0.717) is 17.6 Å². The number of rotatable bonds is 10. The van der Waals surface area contributed by atoms with E-state index in [2.05, 4.69) is 228 Å². The largest absolute Gasteiger partial charge is 0.279 e. The predicted molar refractivity (Wildman–Crippen MR) is 276 cm³/mol. The van der Waals surface area contributed by atoms with Crippen LogP contribution in [0.15, 0.2) is 200 Å². The van der Waals surface area contributed by atoms with Gasteiger partial charge in [-0.25, -0.2) is 4.98 Å². The lowest BCUT2D eigenvalue weighted by atomic mass is 9.77. The Kier molecular flexibility index (Phi) is 11.4. The smallest absolute Gasteiger partial charge is 0.238 e. The molecule has 4 nitrogen and oxygen atoms in total. The van der Waals surface area contributed by atoms with Crippen molar-refractivity contribution in [1.82, 2.24) is 15.0 Å². The van der Waals surface area contributed by atoms with Crippen molar-refractivity contribution >= 4 is 28.1 Å². The second-order valence-corrected chi connectivity index (χ2v) is 17.6. The van der Waals surface area contributed by atoms with Crippen molar-refractivity contribution in [2.24, 2.45) is 0 Å². The molecule has 0 unspecified atom stereocenters. The quantitative estimate of drug-likeness (QED) is 0.129. The van der Waals surface area contributed by atoms with E-state index in [1.54, 1.807) is 0 Å². The van der Waals surface area contributed by atoms with Gasteiger partial charge in [0.2, 0.25) is 5.95 Å². The fourth-order valence-corrected chi connectivity index (χ4v) is 10.1. The van der Waals surface area contributed by atoms with E-state index in [1.807, 2.05) is 18.2 Å². The summed E-state index contributed by atoms with van der Waals surface area (Å²) in [7, 11) is 0. The van der Waals surface area contributed by atoms with Crippen LogP contribution in [0.1, 0.15) is 56.0 Å². The van der Waals surface area contributed by atoms with Gasteiger partial charge < -0.3 is 0 Å². The number of anilines is 3. The summed E-state index contributed by atoms with van der Waals surface area (Å²) in [5.41, 5.74) is 19.8. The van der Waals surface area contributed by atoms with Crippen molar-refractivity contribution in [3.63, 3.8) is 0 Å². The van der Waals surface area contributed by atoms with Crippen LogP contribution in [0.4, 0.5) is 17.3 Å². The number of benzene rings is 9. The number of nitrogens with zero attached hydrogens (tertiary/aromatic N) is 4. The number of hydrogen-bond acceptors (Lipinski definition) is 4. The van der Waals surface area contributed by atoms with Gasteiger partial charge in [0.25, 0.3) is 0 Å². The molecule has 0 atom stereocenters. The Hall–Kier alpha value is -7.95. The van der Waals surface area contributed by atoms with Crippen LogP contribution in [0, 0.1) is 41.5 Å². The maximum Gasteiger partial charge on any atom is 0.238 e. The number of fused-ring (bicyclic) bond motifs is 1. The highest BCUT2D eigenvalue weighted by molar-refractivity contribution is 6.03. The van der Waals surface area contributed by atoms with Crippen LogP contribution in [0.5, 0.6) is 0 Å². The third-order valence-corrected chi connectivity index (χ3v) is 12.8. The first-order valence-electron chi connectivity index (χ1n) is 22.8. The van der Waals surface area contributed by atoms with Gasteiger partial charge in [0.05, 0.1) is 0 Å². The second kappa shape index (κ2) is 17.9. The number of hydrogen-bond donors (Lipinski definition) is 0. The minimum atomic E-state index is 0.0351. The Morgan fingerprint density at radius 2 is 0.894 bits per heavy atom. The van der Waals surface area contributed by atoms with Gasteiger partial charge in [-0.15, -0.1) is 0 Å². The third kappa shape index (κ3) is 8.19. The van der Waals surface area contributed by atoms with Crippen molar-refractivity contribution < 1.29 is 0 Å². The average molecular weight is 853 g/mol. The van der Waals surface area contributed by atoms with Gasteiger partial charge in [0, 0.05) is 34.0 Å². The molecule has 9 aromatic carbocycles. The van der Waals surface area contributed by atoms with Crippen molar-refractivity contribution in [2.75, 3.05) is 4.90 Å². The SMILES string of the molecule is Cc1cc(C)c(C(c2ccc(N(c3cccc(-c4ccccc4)c3)c3nc(-c4ccccc4)nc(-c4ccc5ccccc5c4-c4ccccc4)n3)cc2)c2c(C)cc(C)cc2C)c(C)c1. The molecular formula is C62H52N4. The Labute approximate surface area is 389 Å². The van der Waals surface area contributed by atoms with Crippen LogP contribution in [-0.2, 0) is 0 Å². The normalized spacial score (nSPS) is 11.3. The number of aromatic nitrogens is 3. The molecule has 66 heavy (non-hydrogen) atoms.